The number of ether oxygens (including phenoxy) is 2. The molecular formula is C32H34N2O5. The van der Waals surface area contributed by atoms with Crippen LogP contribution in [-0.2, 0) is 20.8 Å². The molecule has 39 heavy (non-hydrogen) atoms. The summed E-state index contributed by atoms with van der Waals surface area (Å²) in [4.78, 5) is 27.1. The van der Waals surface area contributed by atoms with Gasteiger partial charge in [0.05, 0.1) is 12.7 Å². The van der Waals surface area contributed by atoms with Crippen LogP contribution in [0.1, 0.15) is 47.6 Å². The van der Waals surface area contributed by atoms with Crippen LogP contribution in [0.3, 0.4) is 0 Å². The molecule has 1 aliphatic rings. The van der Waals surface area contributed by atoms with Crippen LogP contribution in [0.15, 0.2) is 101 Å². The van der Waals surface area contributed by atoms with Crippen LogP contribution in [0.4, 0.5) is 0 Å². The Hall–Kier alpha value is -3.78. The van der Waals surface area contributed by atoms with Gasteiger partial charge in [-0.3, -0.25) is 14.3 Å². The van der Waals surface area contributed by atoms with Gasteiger partial charge in [-0.1, -0.05) is 91.9 Å². The van der Waals surface area contributed by atoms with Gasteiger partial charge in [0.1, 0.15) is 11.7 Å². The van der Waals surface area contributed by atoms with Crippen molar-refractivity contribution < 1.29 is 14.6 Å². The number of aliphatic hydroxyl groups excluding tert-OH is 1. The summed E-state index contributed by atoms with van der Waals surface area (Å²) in [6, 6.07) is 28.2. The standard InChI is InChI=1S/C32H34N2O5/c1-4-31(34-20-23(3)29(36)33-30(34)37)19-27(35)28(39-31)21-38-32(24-14-7-5-8-15-24,25-16-9-6-10-17-25)26-18-12-11-13-22(26)2/h5-18,20,27-28,35H,4,19,21H2,1-3H3,(H,33,36,37)/t27-,28+,31+/m0/s1. The molecule has 0 spiro atoms. The molecule has 4 aromatic rings. The number of H-pyrrole nitrogens is 1. The zero-order chi connectivity index (χ0) is 27.6. The zero-order valence-electron chi connectivity index (χ0n) is 22.5. The summed E-state index contributed by atoms with van der Waals surface area (Å²) >= 11 is 0. The maximum atomic E-state index is 12.8. The molecule has 7 heteroatoms. The smallest absolute Gasteiger partial charge is 0.330 e. The minimum atomic E-state index is -1.11. The van der Waals surface area contributed by atoms with Crippen molar-refractivity contribution in [3.8, 4) is 0 Å². The third-order valence-corrected chi connectivity index (χ3v) is 7.79. The number of hydrogen-bond acceptors (Lipinski definition) is 5. The zero-order valence-corrected chi connectivity index (χ0v) is 22.5. The third kappa shape index (κ3) is 4.78. The number of aromatic nitrogens is 2. The first-order valence-corrected chi connectivity index (χ1v) is 13.3. The Balaban J connectivity index is 1.57. The fourth-order valence-corrected chi connectivity index (χ4v) is 5.68. The highest BCUT2D eigenvalue weighted by atomic mass is 16.6. The van der Waals surface area contributed by atoms with Crippen molar-refractivity contribution in [2.24, 2.45) is 0 Å². The lowest BCUT2D eigenvalue weighted by atomic mass is 9.78. The highest BCUT2D eigenvalue weighted by Crippen LogP contribution is 2.44. The minimum absolute atomic E-state index is 0.0676. The van der Waals surface area contributed by atoms with Gasteiger partial charge in [-0.2, -0.15) is 0 Å². The first kappa shape index (κ1) is 26.8. The molecule has 0 bridgehead atoms. The lowest BCUT2D eigenvalue weighted by molar-refractivity contribution is -0.143. The SMILES string of the molecule is CC[C@]1(n2cc(C)c(=O)[nH]c2=O)C[C@H](O)[C@@H](COC(c2ccccc2)(c2ccccc2)c2ccccc2C)O1. The fraction of sp³-hybridized carbons (Fsp3) is 0.312. The summed E-state index contributed by atoms with van der Waals surface area (Å²) in [6.07, 6.45) is 0.528. The van der Waals surface area contributed by atoms with Gasteiger partial charge in [0, 0.05) is 18.2 Å². The molecule has 0 amide bonds. The van der Waals surface area contributed by atoms with E-state index in [2.05, 4.69) is 24.0 Å². The molecule has 5 rings (SSSR count). The van der Waals surface area contributed by atoms with Crippen LogP contribution in [0, 0.1) is 13.8 Å². The van der Waals surface area contributed by atoms with E-state index in [1.807, 2.05) is 79.7 Å². The quantitative estimate of drug-likeness (QED) is 0.333. The minimum Gasteiger partial charge on any atom is -0.390 e. The largest absolute Gasteiger partial charge is 0.390 e. The molecule has 0 aliphatic carbocycles. The Labute approximate surface area is 227 Å². The summed E-state index contributed by atoms with van der Waals surface area (Å²) in [7, 11) is 0. The van der Waals surface area contributed by atoms with E-state index in [-0.39, 0.29) is 13.0 Å². The van der Waals surface area contributed by atoms with E-state index in [9.17, 15) is 14.7 Å². The lowest BCUT2D eigenvalue weighted by Crippen LogP contribution is -2.45. The second-order valence-electron chi connectivity index (χ2n) is 10.2. The molecule has 7 nitrogen and oxygen atoms in total. The van der Waals surface area contributed by atoms with Gasteiger partial charge >= 0.3 is 5.69 Å². The van der Waals surface area contributed by atoms with Crippen molar-refractivity contribution in [1.29, 1.82) is 0 Å². The predicted octanol–water partition coefficient (Wildman–Crippen LogP) is 4.37. The van der Waals surface area contributed by atoms with Gasteiger partial charge in [0.2, 0.25) is 0 Å². The Morgan fingerprint density at radius 3 is 2.13 bits per heavy atom. The third-order valence-electron chi connectivity index (χ3n) is 7.79. The number of benzene rings is 3. The van der Waals surface area contributed by atoms with Gasteiger partial charge in [-0.15, -0.1) is 0 Å². The van der Waals surface area contributed by atoms with E-state index in [1.165, 1.54) is 10.8 Å². The highest BCUT2D eigenvalue weighted by Gasteiger charge is 2.48. The van der Waals surface area contributed by atoms with E-state index in [4.69, 9.17) is 9.47 Å². The van der Waals surface area contributed by atoms with Crippen molar-refractivity contribution in [3.05, 3.63) is 140 Å². The molecule has 0 radical (unpaired) electrons. The van der Waals surface area contributed by atoms with Gasteiger partial charge in [0.15, 0.2) is 5.72 Å². The fourth-order valence-electron chi connectivity index (χ4n) is 5.68. The number of rotatable bonds is 8. The molecule has 1 aliphatic heterocycles. The van der Waals surface area contributed by atoms with Crippen molar-refractivity contribution in [2.75, 3.05) is 6.61 Å². The summed E-state index contributed by atoms with van der Waals surface area (Å²) in [5.74, 6) is 0. The average molecular weight is 527 g/mol. The number of hydrogen-bond donors (Lipinski definition) is 2. The number of aromatic amines is 1. The predicted molar refractivity (Wildman–Crippen MR) is 150 cm³/mol. The molecule has 1 aromatic heterocycles. The second kappa shape index (κ2) is 10.8. The molecule has 2 heterocycles. The first-order valence-electron chi connectivity index (χ1n) is 13.3. The van der Waals surface area contributed by atoms with Crippen molar-refractivity contribution >= 4 is 0 Å². The van der Waals surface area contributed by atoms with E-state index in [0.29, 0.717) is 12.0 Å². The highest BCUT2D eigenvalue weighted by molar-refractivity contribution is 5.50. The molecule has 0 saturated carbocycles. The Bertz CT molecular complexity index is 1510. The maximum Gasteiger partial charge on any atom is 0.330 e. The van der Waals surface area contributed by atoms with Crippen LogP contribution < -0.4 is 11.2 Å². The van der Waals surface area contributed by atoms with Gasteiger partial charge in [-0.25, -0.2) is 4.79 Å². The summed E-state index contributed by atoms with van der Waals surface area (Å²) in [6.45, 7) is 5.67. The Morgan fingerprint density at radius 1 is 0.949 bits per heavy atom. The second-order valence-corrected chi connectivity index (χ2v) is 10.2. The molecule has 1 saturated heterocycles. The normalized spacial score (nSPS) is 21.2. The van der Waals surface area contributed by atoms with Crippen LogP contribution in [0.5, 0.6) is 0 Å². The summed E-state index contributed by atoms with van der Waals surface area (Å²) in [5, 5.41) is 11.2. The summed E-state index contributed by atoms with van der Waals surface area (Å²) < 4.78 is 14.8. The lowest BCUT2D eigenvalue weighted by Gasteiger charge is -2.38. The van der Waals surface area contributed by atoms with E-state index in [1.54, 1.807) is 6.92 Å². The van der Waals surface area contributed by atoms with Gasteiger partial charge in [0.25, 0.3) is 5.56 Å². The molecule has 0 unspecified atom stereocenters. The van der Waals surface area contributed by atoms with E-state index < -0.39 is 34.8 Å². The van der Waals surface area contributed by atoms with Crippen LogP contribution in [-0.4, -0.2) is 33.5 Å². The molecule has 1 fully saturated rings. The first-order chi connectivity index (χ1) is 18.8. The number of nitrogens with zero attached hydrogens (tertiary/aromatic N) is 1. The summed E-state index contributed by atoms with van der Waals surface area (Å²) in [5.41, 5.74) is 1.27. The molecular weight excluding hydrogens is 492 g/mol. The van der Waals surface area contributed by atoms with Crippen molar-refractivity contribution in [2.45, 2.75) is 57.1 Å². The molecule has 2 N–H and O–H groups in total. The maximum absolute atomic E-state index is 12.8. The van der Waals surface area contributed by atoms with E-state index in [0.717, 1.165) is 22.3 Å². The van der Waals surface area contributed by atoms with Crippen molar-refractivity contribution in [1.82, 2.24) is 9.55 Å². The number of aliphatic hydroxyl groups is 1. The molecule has 3 aromatic carbocycles. The average Bonchev–Trinajstić information content (AvgIpc) is 3.29. The molecule has 202 valence electrons. The van der Waals surface area contributed by atoms with Gasteiger partial charge < -0.3 is 14.6 Å². The Kier molecular flexibility index (Phi) is 7.40. The van der Waals surface area contributed by atoms with Crippen LogP contribution in [0.2, 0.25) is 0 Å². The van der Waals surface area contributed by atoms with E-state index >= 15 is 0 Å². The monoisotopic (exact) mass is 526 g/mol. The number of aryl methyl sites for hydroxylation is 2. The molecule has 3 atom stereocenters. The Morgan fingerprint density at radius 2 is 1.54 bits per heavy atom. The van der Waals surface area contributed by atoms with Crippen molar-refractivity contribution in [3.63, 3.8) is 0 Å². The van der Waals surface area contributed by atoms with Crippen LogP contribution >= 0.6 is 0 Å². The van der Waals surface area contributed by atoms with Gasteiger partial charge in [-0.05, 0) is 42.5 Å². The number of nitrogens with one attached hydrogen (secondary N) is 1. The van der Waals surface area contributed by atoms with Crippen LogP contribution in [0.25, 0.3) is 0 Å². The topological polar surface area (TPSA) is 93.6 Å².